The average molecular weight is 663 g/mol. The zero-order chi connectivity index (χ0) is 32.0. The van der Waals surface area contributed by atoms with Gasteiger partial charge < -0.3 is 14.4 Å². The summed E-state index contributed by atoms with van der Waals surface area (Å²) in [5.41, 5.74) is -1.51. The minimum absolute atomic E-state index is 0.0142. The van der Waals surface area contributed by atoms with Gasteiger partial charge in [0.15, 0.2) is 0 Å². The molecule has 2 aliphatic heterocycles. The van der Waals surface area contributed by atoms with Gasteiger partial charge in [0.1, 0.15) is 11.9 Å². The number of halogens is 7. The maximum atomic E-state index is 13.8. The summed E-state index contributed by atoms with van der Waals surface area (Å²) in [5.74, 6) is -1.00. The van der Waals surface area contributed by atoms with E-state index in [2.05, 4.69) is 4.74 Å². The molecule has 2 heterocycles. The molecule has 0 amide bonds. The highest BCUT2D eigenvalue weighted by atomic mass is 35.5. The molecule has 2 aliphatic rings. The second-order valence-electron chi connectivity index (χ2n) is 10.4. The topological polar surface area (TPSA) is 76.2 Å². The lowest BCUT2D eigenvalue weighted by Gasteiger charge is -2.43. The third kappa shape index (κ3) is 6.27. The van der Waals surface area contributed by atoms with Crippen LogP contribution in [0.3, 0.4) is 0 Å². The first-order valence-corrected chi connectivity index (χ1v) is 15.1. The number of nitrogens with zero attached hydrogens (tertiary/aromatic N) is 2. The summed E-state index contributed by atoms with van der Waals surface area (Å²) in [6, 6.07) is 11.5. The third-order valence-electron chi connectivity index (χ3n) is 7.54. The van der Waals surface area contributed by atoms with Crippen LogP contribution in [0.5, 0.6) is 5.75 Å². The van der Waals surface area contributed by atoms with E-state index in [4.69, 9.17) is 16.3 Å². The number of methoxy groups -OCH3 is 1. The summed E-state index contributed by atoms with van der Waals surface area (Å²) in [6.07, 6.45) is -10.3. The van der Waals surface area contributed by atoms with Crippen LogP contribution in [-0.4, -0.2) is 47.2 Å². The van der Waals surface area contributed by atoms with Crippen LogP contribution >= 0.6 is 11.6 Å². The molecule has 236 valence electrons. The fourth-order valence-electron chi connectivity index (χ4n) is 5.29. The van der Waals surface area contributed by atoms with Gasteiger partial charge in [-0.2, -0.15) is 26.3 Å². The van der Waals surface area contributed by atoms with Gasteiger partial charge in [0.25, 0.3) is 10.0 Å². The van der Waals surface area contributed by atoms with E-state index in [-0.39, 0.29) is 54.5 Å². The first kappa shape index (κ1) is 31.8. The Bertz CT molecular complexity index is 1680. The quantitative estimate of drug-likeness (QED) is 0.203. The highest BCUT2D eigenvalue weighted by molar-refractivity contribution is 7.92. The Morgan fingerprint density at radius 1 is 0.977 bits per heavy atom. The van der Waals surface area contributed by atoms with Crippen molar-refractivity contribution in [1.82, 2.24) is 0 Å². The van der Waals surface area contributed by atoms with E-state index >= 15 is 0 Å². The number of esters is 1. The van der Waals surface area contributed by atoms with Crippen LogP contribution in [0.1, 0.15) is 35.4 Å². The van der Waals surface area contributed by atoms with E-state index in [1.54, 1.807) is 11.0 Å². The van der Waals surface area contributed by atoms with Crippen molar-refractivity contribution in [3.63, 3.8) is 0 Å². The third-order valence-corrected chi connectivity index (χ3v) is 9.64. The van der Waals surface area contributed by atoms with Crippen molar-refractivity contribution in [2.24, 2.45) is 0 Å². The highest BCUT2D eigenvalue weighted by Gasteiger charge is 2.41. The number of hydrogen-bond acceptors (Lipinski definition) is 6. The molecule has 0 spiro atoms. The predicted molar refractivity (Wildman–Crippen MR) is 149 cm³/mol. The summed E-state index contributed by atoms with van der Waals surface area (Å²) in [5, 5.41) is -0.0142. The second-order valence-corrected chi connectivity index (χ2v) is 12.6. The molecule has 1 saturated heterocycles. The molecule has 44 heavy (non-hydrogen) atoms. The van der Waals surface area contributed by atoms with Crippen molar-refractivity contribution in [3.8, 4) is 5.75 Å². The zero-order valence-electron chi connectivity index (χ0n) is 23.0. The minimum Gasteiger partial charge on any atom is -0.486 e. The summed E-state index contributed by atoms with van der Waals surface area (Å²) < 4.78 is 120. The summed E-state index contributed by atoms with van der Waals surface area (Å²) in [6.45, 7) is -0.0214. The molecule has 0 unspecified atom stereocenters. The first-order chi connectivity index (χ1) is 20.6. The zero-order valence-corrected chi connectivity index (χ0v) is 24.5. The number of benzene rings is 3. The lowest BCUT2D eigenvalue weighted by Crippen LogP contribution is -2.46. The average Bonchev–Trinajstić information content (AvgIpc) is 2.94. The smallest absolute Gasteiger partial charge is 0.416 e. The van der Waals surface area contributed by atoms with E-state index < -0.39 is 56.4 Å². The Morgan fingerprint density at radius 3 is 2.34 bits per heavy atom. The molecular formula is C29H25ClF6N2O5S. The fraction of sp³-hybridized carbons (Fsp3) is 0.345. The Kier molecular flexibility index (Phi) is 8.44. The van der Waals surface area contributed by atoms with Gasteiger partial charge in [-0.15, -0.1) is 0 Å². The van der Waals surface area contributed by atoms with Crippen molar-refractivity contribution in [2.75, 3.05) is 35.9 Å². The maximum absolute atomic E-state index is 13.8. The van der Waals surface area contributed by atoms with Crippen LogP contribution in [0.2, 0.25) is 5.02 Å². The lowest BCUT2D eigenvalue weighted by molar-refractivity contribution is -0.141. The number of carbonyl (C=O) groups is 1. The molecule has 1 atom stereocenters. The number of fused-ring (bicyclic) bond motifs is 1. The van der Waals surface area contributed by atoms with Gasteiger partial charge in [-0.1, -0.05) is 23.7 Å². The van der Waals surface area contributed by atoms with E-state index in [0.29, 0.717) is 11.8 Å². The first-order valence-electron chi connectivity index (χ1n) is 13.3. The Balaban J connectivity index is 1.47. The molecule has 0 aromatic heterocycles. The molecule has 0 aliphatic carbocycles. The second kappa shape index (κ2) is 11.7. The molecule has 5 rings (SSSR count). The van der Waals surface area contributed by atoms with Crippen LogP contribution in [0.25, 0.3) is 0 Å². The number of rotatable bonds is 7. The van der Waals surface area contributed by atoms with Crippen LogP contribution in [-0.2, 0) is 31.9 Å². The number of carbonyl (C=O) groups excluding carboxylic acids is 1. The van der Waals surface area contributed by atoms with Gasteiger partial charge in [-0.05, 0) is 60.5 Å². The molecule has 0 saturated carbocycles. The molecule has 15 heteroatoms. The Morgan fingerprint density at radius 2 is 1.68 bits per heavy atom. The van der Waals surface area contributed by atoms with E-state index in [9.17, 15) is 39.6 Å². The SMILES string of the molecule is COC(=O)CC[C@H]1CN(S(=O)(=O)c2cccc(C(F)(F)F)c2)c2cc(N3CC(c4c(Cl)cccc4C(F)(F)F)C3)ccc2O1. The number of ether oxygens (including phenoxy) is 2. The highest BCUT2D eigenvalue weighted by Crippen LogP contribution is 2.45. The van der Waals surface area contributed by atoms with Crippen LogP contribution in [0.4, 0.5) is 37.7 Å². The monoisotopic (exact) mass is 662 g/mol. The standard InChI is InChI=1S/C29H25ClF6N2O5S/c1-42-26(39)11-9-20-16-38(44(40,41)21-5-2-4-18(12-21)28(31,32)33)24-13-19(8-10-25(24)43-20)37-14-17(15-37)27-22(29(34,35)36)6-3-7-23(27)30/h2-8,10,12-13,17,20H,9,11,14-16H2,1H3/t20-/m0/s1. The van der Waals surface area contributed by atoms with Crippen molar-refractivity contribution >= 4 is 39.0 Å². The molecule has 3 aromatic rings. The maximum Gasteiger partial charge on any atom is 0.416 e. The Labute approximate surface area is 254 Å². The van der Waals surface area contributed by atoms with Gasteiger partial charge >= 0.3 is 18.3 Å². The lowest BCUT2D eigenvalue weighted by atomic mass is 9.87. The van der Waals surface area contributed by atoms with Crippen LogP contribution in [0.15, 0.2) is 65.6 Å². The molecule has 1 fully saturated rings. The molecule has 7 nitrogen and oxygen atoms in total. The van der Waals surface area contributed by atoms with Gasteiger partial charge in [-0.3, -0.25) is 9.10 Å². The molecule has 0 bridgehead atoms. The summed E-state index contributed by atoms with van der Waals surface area (Å²) >= 11 is 6.16. The van der Waals surface area contributed by atoms with Crippen LogP contribution < -0.4 is 13.9 Å². The minimum atomic E-state index is -4.79. The van der Waals surface area contributed by atoms with E-state index in [1.807, 2.05) is 0 Å². The normalized spacial score (nSPS) is 17.5. The summed E-state index contributed by atoms with van der Waals surface area (Å²) in [7, 11) is -3.38. The fourth-order valence-corrected chi connectivity index (χ4v) is 7.16. The van der Waals surface area contributed by atoms with Gasteiger partial charge in [0.2, 0.25) is 0 Å². The largest absolute Gasteiger partial charge is 0.486 e. The number of hydrogen-bond donors (Lipinski definition) is 0. The van der Waals surface area contributed by atoms with E-state index in [0.717, 1.165) is 28.6 Å². The van der Waals surface area contributed by atoms with Gasteiger partial charge in [0, 0.05) is 36.1 Å². The molecule has 3 aromatic carbocycles. The summed E-state index contributed by atoms with van der Waals surface area (Å²) in [4.78, 5) is 12.9. The number of alkyl halides is 6. The predicted octanol–water partition coefficient (Wildman–Crippen LogP) is 6.89. The van der Waals surface area contributed by atoms with Crippen molar-refractivity contribution in [3.05, 3.63) is 82.4 Å². The molecule has 0 radical (unpaired) electrons. The Hall–Kier alpha value is -3.65. The van der Waals surface area contributed by atoms with Crippen molar-refractivity contribution < 1.29 is 49.0 Å². The number of sulfonamides is 1. The molecular weight excluding hydrogens is 638 g/mol. The van der Waals surface area contributed by atoms with Gasteiger partial charge in [0.05, 0.1) is 35.4 Å². The number of anilines is 2. The molecule has 0 N–H and O–H groups in total. The van der Waals surface area contributed by atoms with E-state index in [1.165, 1.54) is 31.4 Å². The van der Waals surface area contributed by atoms with Crippen LogP contribution in [0, 0.1) is 0 Å². The van der Waals surface area contributed by atoms with Crippen molar-refractivity contribution in [2.45, 2.75) is 42.1 Å². The van der Waals surface area contributed by atoms with Gasteiger partial charge in [-0.25, -0.2) is 8.42 Å². The van der Waals surface area contributed by atoms with Crippen molar-refractivity contribution in [1.29, 1.82) is 0 Å².